The molecule has 3 amide bonds. The maximum Gasteiger partial charge on any atom is 0.306 e. The minimum Gasteiger partial charge on any atom is -0.481 e. The molecule has 1 fully saturated rings. The van der Waals surface area contributed by atoms with Crippen LogP contribution in [0.4, 0.5) is 0 Å². The lowest BCUT2D eigenvalue weighted by molar-refractivity contribution is -0.149. The van der Waals surface area contributed by atoms with Crippen molar-refractivity contribution in [3.63, 3.8) is 0 Å². The molecule has 7 nitrogen and oxygen atoms in total. The van der Waals surface area contributed by atoms with Gasteiger partial charge >= 0.3 is 5.97 Å². The number of nitrogens with zero attached hydrogens (tertiary/aromatic N) is 1. The van der Waals surface area contributed by atoms with E-state index in [2.05, 4.69) is 0 Å². The molecule has 0 aromatic rings. The number of carboxylic acid groups (broad SMARTS) is 1. The molecule has 3 N–H and O–H groups in total. The zero-order chi connectivity index (χ0) is 11.6. The Labute approximate surface area is 84.8 Å². The number of rotatable bonds is 4. The molecule has 0 aromatic heterocycles. The predicted octanol–water partition coefficient (Wildman–Crippen LogP) is -1.54. The van der Waals surface area contributed by atoms with Crippen LogP contribution in [0, 0.1) is 0 Å². The molecule has 7 heteroatoms. The first kappa shape index (κ1) is 11.2. The lowest BCUT2D eigenvalue weighted by atomic mass is 10.1. The smallest absolute Gasteiger partial charge is 0.306 e. The molecular formula is C8H10N2O5. The highest BCUT2D eigenvalue weighted by Crippen LogP contribution is 2.17. The van der Waals surface area contributed by atoms with Crippen LogP contribution in [0.15, 0.2) is 0 Å². The Kier molecular flexibility index (Phi) is 3.03. The summed E-state index contributed by atoms with van der Waals surface area (Å²) in [4.78, 5) is 44.4. The summed E-state index contributed by atoms with van der Waals surface area (Å²) in [6.45, 7) is 0. The van der Waals surface area contributed by atoms with Crippen molar-refractivity contribution in [2.24, 2.45) is 5.73 Å². The van der Waals surface area contributed by atoms with E-state index < -0.39 is 36.2 Å². The van der Waals surface area contributed by atoms with Gasteiger partial charge in [0, 0.05) is 12.8 Å². The topological polar surface area (TPSA) is 118 Å². The molecule has 0 radical (unpaired) electrons. The van der Waals surface area contributed by atoms with Crippen molar-refractivity contribution in [1.29, 1.82) is 0 Å². The van der Waals surface area contributed by atoms with E-state index in [0.29, 0.717) is 4.90 Å². The van der Waals surface area contributed by atoms with Crippen LogP contribution >= 0.6 is 0 Å². The lowest BCUT2D eigenvalue weighted by Crippen LogP contribution is -2.48. The summed E-state index contributed by atoms with van der Waals surface area (Å²) in [6, 6.07) is -1.37. The fraction of sp³-hybridized carbons (Fsp3) is 0.500. The maximum atomic E-state index is 11.2. The quantitative estimate of drug-likeness (QED) is 0.550. The van der Waals surface area contributed by atoms with Gasteiger partial charge in [-0.25, -0.2) is 0 Å². The molecule has 0 bridgehead atoms. The summed E-state index contributed by atoms with van der Waals surface area (Å²) in [7, 11) is 0. The van der Waals surface area contributed by atoms with Crippen LogP contribution in [0.1, 0.15) is 19.3 Å². The van der Waals surface area contributed by atoms with E-state index in [9.17, 15) is 19.2 Å². The number of carboxylic acids is 1. The summed E-state index contributed by atoms with van der Waals surface area (Å²) in [6.07, 6.45) is -0.642. The number of likely N-dealkylation sites (tertiary alicyclic amines) is 1. The molecule has 15 heavy (non-hydrogen) atoms. The number of nitrogens with two attached hydrogens (primary N) is 1. The average Bonchev–Trinajstić information content (AvgIpc) is 2.42. The molecule has 82 valence electrons. The molecule has 1 heterocycles. The van der Waals surface area contributed by atoms with Gasteiger partial charge in [-0.1, -0.05) is 0 Å². The van der Waals surface area contributed by atoms with Gasteiger partial charge in [-0.3, -0.25) is 24.1 Å². The summed E-state index contributed by atoms with van der Waals surface area (Å²) < 4.78 is 0. The molecule has 0 saturated carbocycles. The van der Waals surface area contributed by atoms with Crippen LogP contribution in [0.3, 0.4) is 0 Å². The Hall–Kier alpha value is -1.92. The van der Waals surface area contributed by atoms with Gasteiger partial charge in [0.05, 0.1) is 6.42 Å². The number of imide groups is 1. The van der Waals surface area contributed by atoms with Gasteiger partial charge in [-0.05, 0) is 0 Å². The summed E-state index contributed by atoms with van der Waals surface area (Å²) in [5.74, 6) is -3.37. The second kappa shape index (κ2) is 4.07. The zero-order valence-electron chi connectivity index (χ0n) is 7.80. The van der Waals surface area contributed by atoms with Gasteiger partial charge in [-0.15, -0.1) is 0 Å². The van der Waals surface area contributed by atoms with E-state index in [1.165, 1.54) is 0 Å². The van der Waals surface area contributed by atoms with Crippen molar-refractivity contribution < 1.29 is 24.3 Å². The van der Waals surface area contributed by atoms with E-state index in [0.717, 1.165) is 0 Å². The summed E-state index contributed by atoms with van der Waals surface area (Å²) in [5, 5.41) is 8.51. The highest BCUT2D eigenvalue weighted by atomic mass is 16.4. The maximum absolute atomic E-state index is 11.2. The minimum absolute atomic E-state index is 0.00221. The number of aliphatic carboxylic acids is 1. The van der Waals surface area contributed by atoms with E-state index in [4.69, 9.17) is 10.8 Å². The Balaban J connectivity index is 2.88. The van der Waals surface area contributed by atoms with Crippen LogP contribution in [0.2, 0.25) is 0 Å². The van der Waals surface area contributed by atoms with E-state index in [1.807, 2.05) is 0 Å². The standard InChI is InChI=1S/C8H10N2O5/c9-8(15)4(3-7(13)14)10-5(11)1-2-6(10)12/h4H,1-3H2,(H2,9,15)(H,13,14). The van der Waals surface area contributed by atoms with Crippen LogP contribution in [-0.2, 0) is 19.2 Å². The largest absolute Gasteiger partial charge is 0.481 e. The van der Waals surface area contributed by atoms with Gasteiger partial charge in [0.25, 0.3) is 0 Å². The molecule has 0 aliphatic carbocycles. The number of primary amides is 1. The molecule has 1 saturated heterocycles. The Morgan fingerprint density at radius 3 is 2.13 bits per heavy atom. The second-order valence-corrected chi connectivity index (χ2v) is 3.17. The average molecular weight is 214 g/mol. The number of carbonyl (C=O) groups is 4. The third-order valence-electron chi connectivity index (χ3n) is 2.10. The first-order valence-electron chi connectivity index (χ1n) is 4.29. The van der Waals surface area contributed by atoms with Crippen molar-refractivity contribution in [1.82, 2.24) is 4.90 Å². The molecular weight excluding hydrogens is 204 g/mol. The van der Waals surface area contributed by atoms with Crippen molar-refractivity contribution in [3.8, 4) is 0 Å². The summed E-state index contributed by atoms with van der Waals surface area (Å²) in [5.41, 5.74) is 4.94. The normalized spacial score (nSPS) is 18.0. The summed E-state index contributed by atoms with van der Waals surface area (Å²) >= 11 is 0. The van der Waals surface area contributed by atoms with Gasteiger partial charge in [0.1, 0.15) is 6.04 Å². The Morgan fingerprint density at radius 1 is 1.33 bits per heavy atom. The molecule has 1 atom stereocenters. The third-order valence-corrected chi connectivity index (χ3v) is 2.10. The van der Waals surface area contributed by atoms with Crippen molar-refractivity contribution >= 4 is 23.7 Å². The molecule has 0 aromatic carbocycles. The fourth-order valence-electron chi connectivity index (χ4n) is 1.43. The van der Waals surface area contributed by atoms with E-state index >= 15 is 0 Å². The third kappa shape index (κ3) is 2.30. The van der Waals surface area contributed by atoms with Gasteiger partial charge in [0.2, 0.25) is 17.7 Å². The van der Waals surface area contributed by atoms with E-state index in [1.54, 1.807) is 0 Å². The van der Waals surface area contributed by atoms with Gasteiger partial charge in [-0.2, -0.15) is 0 Å². The molecule has 1 rings (SSSR count). The van der Waals surface area contributed by atoms with Gasteiger partial charge in [0.15, 0.2) is 0 Å². The van der Waals surface area contributed by atoms with E-state index in [-0.39, 0.29) is 12.8 Å². The molecule has 1 unspecified atom stereocenters. The van der Waals surface area contributed by atoms with Crippen LogP contribution in [0.5, 0.6) is 0 Å². The lowest BCUT2D eigenvalue weighted by Gasteiger charge is -2.21. The van der Waals surface area contributed by atoms with Crippen LogP contribution < -0.4 is 5.73 Å². The number of carbonyl (C=O) groups excluding carboxylic acids is 3. The van der Waals surface area contributed by atoms with Crippen LogP contribution in [0.25, 0.3) is 0 Å². The number of amides is 3. The fourth-order valence-corrected chi connectivity index (χ4v) is 1.43. The highest BCUT2D eigenvalue weighted by molar-refractivity contribution is 6.06. The van der Waals surface area contributed by atoms with Gasteiger partial charge < -0.3 is 10.8 Å². The highest BCUT2D eigenvalue weighted by Gasteiger charge is 2.38. The molecule has 1 aliphatic rings. The molecule has 1 aliphatic heterocycles. The Bertz CT molecular complexity index is 322. The van der Waals surface area contributed by atoms with Crippen LogP contribution in [-0.4, -0.2) is 39.7 Å². The molecule has 0 spiro atoms. The SMILES string of the molecule is NC(=O)C(CC(=O)O)N1C(=O)CCC1=O. The first-order chi connectivity index (χ1) is 6.93. The zero-order valence-corrected chi connectivity index (χ0v) is 7.80. The first-order valence-corrected chi connectivity index (χ1v) is 4.29. The van der Waals surface area contributed by atoms with Crippen molar-refractivity contribution in [2.75, 3.05) is 0 Å². The second-order valence-electron chi connectivity index (χ2n) is 3.17. The van der Waals surface area contributed by atoms with Crippen molar-refractivity contribution in [3.05, 3.63) is 0 Å². The number of hydrogen-bond acceptors (Lipinski definition) is 4. The minimum atomic E-state index is -1.37. The predicted molar refractivity (Wildman–Crippen MR) is 46.3 cm³/mol. The monoisotopic (exact) mass is 214 g/mol. The number of hydrogen-bond donors (Lipinski definition) is 2. The van der Waals surface area contributed by atoms with Crippen molar-refractivity contribution in [2.45, 2.75) is 25.3 Å². The Morgan fingerprint density at radius 2 is 1.80 bits per heavy atom.